The number of amides is 1. The number of ether oxygens (including phenoxy) is 1. The van der Waals surface area contributed by atoms with Crippen LogP contribution in [0.15, 0.2) is 66.0 Å². The van der Waals surface area contributed by atoms with Gasteiger partial charge < -0.3 is 4.74 Å². The number of nitrogens with zero attached hydrogens (tertiary/aromatic N) is 3. The van der Waals surface area contributed by atoms with Gasteiger partial charge in [0.25, 0.3) is 5.91 Å². The fourth-order valence-corrected chi connectivity index (χ4v) is 4.08. The number of nitrogens with one attached hydrogen (secondary N) is 1. The topological polar surface area (TPSA) is 69.0 Å². The fraction of sp³-hybridized carbons (Fsp3) is 0.174. The molecule has 4 aromatic rings. The average Bonchev–Trinajstić information content (AvgIpc) is 3.37. The van der Waals surface area contributed by atoms with Gasteiger partial charge in [0.05, 0.1) is 24.2 Å². The molecule has 0 bridgehead atoms. The molecule has 1 saturated carbocycles. The first-order valence-electron chi connectivity index (χ1n) is 9.78. The summed E-state index contributed by atoms with van der Waals surface area (Å²) >= 11 is 1.39. The summed E-state index contributed by atoms with van der Waals surface area (Å²) in [5.41, 5.74) is 4.00. The van der Waals surface area contributed by atoms with Gasteiger partial charge in [-0.1, -0.05) is 30.3 Å². The van der Waals surface area contributed by atoms with E-state index in [2.05, 4.69) is 10.3 Å². The summed E-state index contributed by atoms with van der Waals surface area (Å²) in [5, 5.41) is 10.1. The van der Waals surface area contributed by atoms with E-state index >= 15 is 0 Å². The average molecular weight is 417 g/mol. The number of anilines is 1. The predicted octanol–water partition coefficient (Wildman–Crippen LogP) is 5.13. The van der Waals surface area contributed by atoms with Gasteiger partial charge in [0.1, 0.15) is 11.4 Å². The summed E-state index contributed by atoms with van der Waals surface area (Å²) in [6.07, 6.45) is 2.25. The lowest BCUT2D eigenvalue weighted by Gasteiger charge is -2.07. The maximum atomic E-state index is 13.1. The molecule has 7 heteroatoms. The Hall–Kier alpha value is -3.45. The molecule has 0 unspecified atom stereocenters. The van der Waals surface area contributed by atoms with E-state index in [0.717, 1.165) is 41.2 Å². The summed E-state index contributed by atoms with van der Waals surface area (Å²) in [6, 6.07) is 19.3. The Balaban J connectivity index is 1.43. The Morgan fingerprint density at radius 1 is 1.13 bits per heavy atom. The molecule has 150 valence electrons. The van der Waals surface area contributed by atoms with Crippen molar-refractivity contribution >= 4 is 22.4 Å². The first-order valence-corrected chi connectivity index (χ1v) is 10.7. The Bertz CT molecular complexity index is 1190. The molecule has 0 aliphatic heterocycles. The van der Waals surface area contributed by atoms with E-state index in [1.54, 1.807) is 11.8 Å². The lowest BCUT2D eigenvalue weighted by Crippen LogP contribution is -2.16. The second-order valence-corrected chi connectivity index (χ2v) is 8.03. The van der Waals surface area contributed by atoms with Gasteiger partial charge in [-0.2, -0.15) is 5.10 Å². The molecule has 1 fully saturated rings. The Morgan fingerprint density at radius 2 is 1.90 bits per heavy atom. The molecule has 1 aliphatic carbocycles. The van der Waals surface area contributed by atoms with Crippen molar-refractivity contribution in [2.75, 3.05) is 12.4 Å². The van der Waals surface area contributed by atoms with Crippen molar-refractivity contribution in [1.29, 1.82) is 0 Å². The Kier molecular flexibility index (Phi) is 4.80. The first kappa shape index (κ1) is 18.6. The van der Waals surface area contributed by atoms with Crippen molar-refractivity contribution in [1.82, 2.24) is 14.8 Å². The third kappa shape index (κ3) is 3.59. The zero-order valence-corrected chi connectivity index (χ0v) is 17.2. The lowest BCUT2D eigenvalue weighted by atomic mass is 10.1. The Labute approximate surface area is 178 Å². The van der Waals surface area contributed by atoms with Crippen molar-refractivity contribution in [3.8, 4) is 22.7 Å². The summed E-state index contributed by atoms with van der Waals surface area (Å²) in [4.78, 5) is 17.7. The van der Waals surface area contributed by atoms with Gasteiger partial charge in [-0.25, -0.2) is 9.67 Å². The molecule has 30 heavy (non-hydrogen) atoms. The number of hydrogen-bond donors (Lipinski definition) is 1. The van der Waals surface area contributed by atoms with Crippen LogP contribution in [-0.2, 0) is 0 Å². The highest BCUT2D eigenvalue weighted by molar-refractivity contribution is 7.14. The van der Waals surface area contributed by atoms with Gasteiger partial charge in [-0.3, -0.25) is 10.1 Å². The molecule has 6 nitrogen and oxygen atoms in total. The number of rotatable bonds is 6. The summed E-state index contributed by atoms with van der Waals surface area (Å²) < 4.78 is 7.14. The van der Waals surface area contributed by atoms with Crippen LogP contribution in [0.1, 0.15) is 34.9 Å². The van der Waals surface area contributed by atoms with Gasteiger partial charge in [-0.15, -0.1) is 11.3 Å². The number of para-hydroxylation sites is 2. The van der Waals surface area contributed by atoms with Crippen LogP contribution in [0, 0.1) is 0 Å². The zero-order valence-electron chi connectivity index (χ0n) is 16.4. The molecule has 2 aromatic carbocycles. The van der Waals surface area contributed by atoms with Crippen LogP contribution in [0.4, 0.5) is 5.13 Å². The van der Waals surface area contributed by atoms with E-state index in [1.165, 1.54) is 11.3 Å². The summed E-state index contributed by atoms with van der Waals surface area (Å²) in [5.74, 6) is 0.981. The minimum absolute atomic E-state index is 0.223. The van der Waals surface area contributed by atoms with Crippen LogP contribution in [0.25, 0.3) is 16.9 Å². The number of carbonyl (C=O) groups is 1. The second kappa shape index (κ2) is 7.76. The second-order valence-electron chi connectivity index (χ2n) is 7.17. The maximum absolute atomic E-state index is 13.1. The van der Waals surface area contributed by atoms with Crippen molar-refractivity contribution in [3.05, 3.63) is 77.4 Å². The Morgan fingerprint density at radius 3 is 2.67 bits per heavy atom. The van der Waals surface area contributed by atoms with Crippen molar-refractivity contribution in [2.45, 2.75) is 18.8 Å². The van der Waals surface area contributed by atoms with E-state index in [4.69, 9.17) is 9.84 Å². The molecule has 2 heterocycles. The number of aromatic nitrogens is 3. The van der Waals surface area contributed by atoms with Crippen LogP contribution in [-0.4, -0.2) is 27.8 Å². The first-order chi connectivity index (χ1) is 14.7. The monoisotopic (exact) mass is 416 g/mol. The van der Waals surface area contributed by atoms with Crippen LogP contribution in [0.2, 0.25) is 0 Å². The van der Waals surface area contributed by atoms with Crippen LogP contribution >= 0.6 is 11.3 Å². The highest BCUT2D eigenvalue weighted by Crippen LogP contribution is 2.40. The third-order valence-corrected chi connectivity index (χ3v) is 5.82. The number of methoxy groups -OCH3 is 1. The normalized spacial score (nSPS) is 13.2. The van der Waals surface area contributed by atoms with Crippen LogP contribution < -0.4 is 10.1 Å². The largest absolute Gasteiger partial charge is 0.496 e. The summed E-state index contributed by atoms with van der Waals surface area (Å²) in [7, 11) is 1.63. The molecular formula is C23H20N4O2S. The third-order valence-electron chi connectivity index (χ3n) is 5.06. The van der Waals surface area contributed by atoms with Crippen molar-refractivity contribution in [3.63, 3.8) is 0 Å². The number of hydrogen-bond acceptors (Lipinski definition) is 5. The number of thiazole rings is 1. The van der Waals surface area contributed by atoms with Crippen molar-refractivity contribution in [2.24, 2.45) is 0 Å². The molecule has 5 rings (SSSR count). The molecule has 1 N–H and O–H groups in total. The summed E-state index contributed by atoms with van der Waals surface area (Å²) in [6.45, 7) is 0. The highest BCUT2D eigenvalue weighted by Gasteiger charge is 2.29. The highest BCUT2D eigenvalue weighted by atomic mass is 32.1. The van der Waals surface area contributed by atoms with E-state index in [0.29, 0.717) is 16.7 Å². The molecule has 0 atom stereocenters. The molecule has 0 spiro atoms. The lowest BCUT2D eigenvalue weighted by molar-refractivity contribution is 0.101. The van der Waals surface area contributed by atoms with Crippen LogP contribution in [0.5, 0.6) is 5.75 Å². The smallest absolute Gasteiger partial charge is 0.276 e. The maximum Gasteiger partial charge on any atom is 0.276 e. The quantitative estimate of drug-likeness (QED) is 0.473. The van der Waals surface area contributed by atoms with Gasteiger partial charge in [0.15, 0.2) is 5.13 Å². The minimum atomic E-state index is -0.223. The molecule has 1 amide bonds. The standard InChI is InChI=1S/C23H20N4O2S/c1-29-21-10-6-5-9-17(21)19-14-30-23(24-19)25-22(28)20-13-18(15-11-12-15)26-27(20)16-7-3-2-4-8-16/h2-10,13-15H,11-12H2,1H3,(H,24,25,28). The molecule has 2 aromatic heterocycles. The van der Waals surface area contributed by atoms with Gasteiger partial charge in [0.2, 0.25) is 0 Å². The van der Waals surface area contributed by atoms with Crippen molar-refractivity contribution < 1.29 is 9.53 Å². The van der Waals surface area contributed by atoms with Gasteiger partial charge in [0, 0.05) is 16.9 Å². The molecule has 0 saturated heterocycles. The predicted molar refractivity (Wildman–Crippen MR) is 118 cm³/mol. The molecular weight excluding hydrogens is 396 g/mol. The van der Waals surface area contributed by atoms with Gasteiger partial charge in [-0.05, 0) is 43.2 Å². The minimum Gasteiger partial charge on any atom is -0.496 e. The number of carbonyl (C=O) groups excluding carboxylic acids is 1. The SMILES string of the molecule is COc1ccccc1-c1csc(NC(=O)c2cc(C3CC3)nn2-c2ccccc2)n1. The zero-order chi connectivity index (χ0) is 20.5. The van der Waals surface area contributed by atoms with E-state index in [9.17, 15) is 4.79 Å². The van der Waals surface area contributed by atoms with Gasteiger partial charge >= 0.3 is 0 Å². The number of benzene rings is 2. The molecule has 0 radical (unpaired) electrons. The van der Waals surface area contributed by atoms with E-state index in [1.807, 2.05) is 66.0 Å². The van der Waals surface area contributed by atoms with E-state index < -0.39 is 0 Å². The molecule has 1 aliphatic rings. The van der Waals surface area contributed by atoms with Crippen LogP contribution in [0.3, 0.4) is 0 Å². The van der Waals surface area contributed by atoms with E-state index in [-0.39, 0.29) is 5.91 Å². The fourth-order valence-electron chi connectivity index (χ4n) is 3.38.